The lowest BCUT2D eigenvalue weighted by Crippen LogP contribution is -2.28. The van der Waals surface area contributed by atoms with Crippen molar-refractivity contribution < 1.29 is 9.53 Å². The molecule has 3 heterocycles. The summed E-state index contributed by atoms with van der Waals surface area (Å²) in [6, 6.07) is 12.1. The molecule has 1 aromatic heterocycles. The van der Waals surface area contributed by atoms with Gasteiger partial charge in [0.25, 0.3) is 5.91 Å². The van der Waals surface area contributed by atoms with E-state index >= 15 is 0 Å². The van der Waals surface area contributed by atoms with Gasteiger partial charge in [-0.25, -0.2) is 0 Å². The minimum Gasteiger partial charge on any atom is -0.493 e. The Labute approximate surface area is 149 Å². The zero-order valence-electron chi connectivity index (χ0n) is 13.6. The number of benzene rings is 2. The van der Waals surface area contributed by atoms with Crippen LogP contribution >= 0.6 is 11.7 Å². The van der Waals surface area contributed by atoms with Gasteiger partial charge in [-0.3, -0.25) is 4.79 Å². The van der Waals surface area contributed by atoms with Gasteiger partial charge in [-0.1, -0.05) is 12.1 Å². The maximum atomic E-state index is 12.8. The molecule has 1 atom stereocenters. The molecule has 1 fully saturated rings. The predicted molar refractivity (Wildman–Crippen MR) is 96.3 cm³/mol. The van der Waals surface area contributed by atoms with Crippen molar-refractivity contribution in [2.45, 2.75) is 18.8 Å². The van der Waals surface area contributed by atoms with E-state index in [1.54, 1.807) is 0 Å². The third kappa shape index (κ3) is 2.57. The number of likely N-dealkylation sites (tertiary alicyclic amines) is 1. The van der Waals surface area contributed by atoms with Crippen LogP contribution in [0.15, 0.2) is 36.4 Å². The molecule has 0 spiro atoms. The SMILES string of the molecule is O=C(c1ccc2nsnc2c1)N1CC[C@H](c2ccc3c(c2)CCO3)C1. The highest BCUT2D eigenvalue weighted by molar-refractivity contribution is 7.00. The van der Waals surface area contributed by atoms with Crippen LogP contribution in [0.5, 0.6) is 5.75 Å². The van der Waals surface area contributed by atoms with E-state index in [1.807, 2.05) is 23.1 Å². The van der Waals surface area contributed by atoms with Gasteiger partial charge >= 0.3 is 0 Å². The number of rotatable bonds is 2. The molecule has 5 rings (SSSR count). The molecule has 126 valence electrons. The molecule has 0 N–H and O–H groups in total. The Balaban J connectivity index is 1.35. The Bertz CT molecular complexity index is 968. The summed E-state index contributed by atoms with van der Waals surface area (Å²) in [7, 11) is 0. The second-order valence-electron chi connectivity index (χ2n) is 6.67. The maximum Gasteiger partial charge on any atom is 0.253 e. The van der Waals surface area contributed by atoms with Gasteiger partial charge in [0.2, 0.25) is 0 Å². The van der Waals surface area contributed by atoms with Gasteiger partial charge in [-0.05, 0) is 41.8 Å². The summed E-state index contributed by atoms with van der Waals surface area (Å²) in [6.45, 7) is 2.35. The summed E-state index contributed by atoms with van der Waals surface area (Å²) in [5.74, 6) is 1.50. The Morgan fingerprint density at radius 2 is 2.08 bits per heavy atom. The van der Waals surface area contributed by atoms with E-state index in [4.69, 9.17) is 4.74 Å². The van der Waals surface area contributed by atoms with Crippen molar-refractivity contribution in [3.05, 3.63) is 53.1 Å². The number of carbonyl (C=O) groups is 1. The third-order valence-electron chi connectivity index (χ3n) is 5.16. The van der Waals surface area contributed by atoms with Crippen LogP contribution in [0.4, 0.5) is 0 Å². The number of aromatic nitrogens is 2. The van der Waals surface area contributed by atoms with E-state index in [2.05, 4.69) is 26.9 Å². The fraction of sp³-hybridized carbons (Fsp3) is 0.316. The minimum absolute atomic E-state index is 0.0851. The molecule has 2 aliphatic rings. The van der Waals surface area contributed by atoms with E-state index < -0.39 is 0 Å². The van der Waals surface area contributed by atoms with Crippen molar-refractivity contribution in [1.82, 2.24) is 13.6 Å². The van der Waals surface area contributed by atoms with Crippen LogP contribution < -0.4 is 4.74 Å². The number of amides is 1. The number of hydrogen-bond donors (Lipinski definition) is 0. The van der Waals surface area contributed by atoms with Crippen molar-refractivity contribution in [2.24, 2.45) is 0 Å². The molecular formula is C19H17N3O2S. The molecule has 25 heavy (non-hydrogen) atoms. The first kappa shape index (κ1) is 14.8. The molecule has 0 saturated carbocycles. The second kappa shape index (κ2) is 5.81. The first-order chi connectivity index (χ1) is 12.3. The topological polar surface area (TPSA) is 55.3 Å². The van der Waals surface area contributed by atoms with Gasteiger partial charge in [0.05, 0.1) is 18.3 Å². The quantitative estimate of drug-likeness (QED) is 0.711. The lowest BCUT2D eigenvalue weighted by Gasteiger charge is -2.17. The first-order valence-corrected chi connectivity index (χ1v) is 9.28. The molecule has 2 aliphatic heterocycles. The lowest BCUT2D eigenvalue weighted by atomic mass is 9.96. The smallest absolute Gasteiger partial charge is 0.253 e. The highest BCUT2D eigenvalue weighted by Crippen LogP contribution is 2.33. The zero-order valence-corrected chi connectivity index (χ0v) is 14.5. The second-order valence-corrected chi connectivity index (χ2v) is 7.20. The minimum atomic E-state index is 0.0851. The summed E-state index contributed by atoms with van der Waals surface area (Å²) in [6.07, 6.45) is 1.99. The predicted octanol–water partition coefficient (Wildman–Crippen LogP) is 3.26. The van der Waals surface area contributed by atoms with Gasteiger partial charge in [0.1, 0.15) is 16.8 Å². The Hall–Kier alpha value is -2.47. The normalized spacial score (nSPS) is 19.2. The van der Waals surface area contributed by atoms with Crippen molar-refractivity contribution >= 4 is 28.7 Å². The average molecular weight is 351 g/mol. The highest BCUT2D eigenvalue weighted by atomic mass is 32.1. The molecule has 6 heteroatoms. The summed E-state index contributed by atoms with van der Waals surface area (Å²) in [5.41, 5.74) is 4.96. The van der Waals surface area contributed by atoms with Crippen molar-refractivity contribution in [1.29, 1.82) is 0 Å². The molecule has 0 unspecified atom stereocenters. The largest absolute Gasteiger partial charge is 0.493 e. The van der Waals surface area contributed by atoms with E-state index in [0.717, 1.165) is 49.3 Å². The van der Waals surface area contributed by atoms with Crippen molar-refractivity contribution in [2.75, 3.05) is 19.7 Å². The Morgan fingerprint density at radius 1 is 1.16 bits per heavy atom. The Morgan fingerprint density at radius 3 is 3.04 bits per heavy atom. The van der Waals surface area contributed by atoms with Gasteiger partial charge in [0.15, 0.2) is 0 Å². The monoisotopic (exact) mass is 351 g/mol. The van der Waals surface area contributed by atoms with Crippen LogP contribution in [0.3, 0.4) is 0 Å². The van der Waals surface area contributed by atoms with Crippen LogP contribution in [0, 0.1) is 0 Å². The molecule has 0 bridgehead atoms. The third-order valence-corrected chi connectivity index (χ3v) is 5.72. The molecule has 2 aromatic carbocycles. The summed E-state index contributed by atoms with van der Waals surface area (Å²) >= 11 is 1.18. The van der Waals surface area contributed by atoms with Crippen LogP contribution in [0.2, 0.25) is 0 Å². The van der Waals surface area contributed by atoms with Gasteiger partial charge in [0, 0.05) is 31.0 Å². The number of ether oxygens (including phenoxy) is 1. The van der Waals surface area contributed by atoms with Gasteiger partial charge in [-0.15, -0.1) is 0 Å². The highest BCUT2D eigenvalue weighted by Gasteiger charge is 2.29. The van der Waals surface area contributed by atoms with Crippen molar-refractivity contribution in [3.8, 4) is 5.75 Å². The fourth-order valence-corrected chi connectivity index (χ4v) is 4.29. The number of nitrogens with zero attached hydrogens (tertiary/aromatic N) is 3. The molecule has 5 nitrogen and oxygen atoms in total. The van der Waals surface area contributed by atoms with E-state index in [0.29, 0.717) is 11.5 Å². The average Bonchev–Trinajstić information content (AvgIpc) is 3.39. The fourth-order valence-electron chi connectivity index (χ4n) is 3.77. The molecular weight excluding hydrogens is 334 g/mol. The van der Waals surface area contributed by atoms with Crippen molar-refractivity contribution in [3.63, 3.8) is 0 Å². The number of carbonyl (C=O) groups excluding carboxylic acids is 1. The van der Waals surface area contributed by atoms with Gasteiger partial charge < -0.3 is 9.64 Å². The van der Waals surface area contributed by atoms with E-state index in [-0.39, 0.29) is 5.91 Å². The molecule has 0 radical (unpaired) electrons. The summed E-state index contributed by atoms with van der Waals surface area (Å²) in [4.78, 5) is 14.8. The lowest BCUT2D eigenvalue weighted by molar-refractivity contribution is 0.0791. The molecule has 1 saturated heterocycles. The molecule has 0 aliphatic carbocycles. The van der Waals surface area contributed by atoms with Crippen LogP contribution in [-0.4, -0.2) is 39.3 Å². The summed E-state index contributed by atoms with van der Waals surface area (Å²) in [5, 5.41) is 0. The Kier molecular flexibility index (Phi) is 3.45. The number of hydrogen-bond acceptors (Lipinski definition) is 5. The zero-order chi connectivity index (χ0) is 16.8. The standard InChI is InChI=1S/C19H17N3O2S/c23-19(14-1-3-16-17(10-14)21-25-20-16)22-7-5-15(11-22)12-2-4-18-13(9-12)6-8-24-18/h1-4,9-10,15H,5-8,11H2/t15-/m0/s1. The first-order valence-electron chi connectivity index (χ1n) is 8.55. The molecule has 3 aromatic rings. The van der Waals surface area contributed by atoms with Crippen LogP contribution in [-0.2, 0) is 6.42 Å². The van der Waals surface area contributed by atoms with Crippen LogP contribution in [0.1, 0.15) is 33.8 Å². The number of fused-ring (bicyclic) bond motifs is 2. The summed E-state index contributed by atoms with van der Waals surface area (Å²) < 4.78 is 14.0. The van der Waals surface area contributed by atoms with Gasteiger partial charge in [-0.2, -0.15) is 8.75 Å². The molecule has 1 amide bonds. The van der Waals surface area contributed by atoms with Crippen LogP contribution in [0.25, 0.3) is 11.0 Å². The van der Waals surface area contributed by atoms with E-state index in [9.17, 15) is 4.79 Å². The van der Waals surface area contributed by atoms with E-state index in [1.165, 1.54) is 22.9 Å². The maximum absolute atomic E-state index is 12.8.